The highest BCUT2D eigenvalue weighted by Crippen LogP contribution is 2.28. The molecule has 7 nitrogen and oxygen atoms in total. The molecule has 0 unspecified atom stereocenters. The maximum Gasteiger partial charge on any atom is 0.275 e. The molecule has 0 bridgehead atoms. The van der Waals surface area contributed by atoms with Crippen molar-refractivity contribution in [2.45, 2.75) is 27.3 Å². The molecule has 0 aliphatic carbocycles. The van der Waals surface area contributed by atoms with E-state index in [0.717, 1.165) is 10.4 Å². The molecule has 9 heteroatoms. The molecule has 1 amide bonds. The van der Waals surface area contributed by atoms with Gasteiger partial charge in [0.15, 0.2) is 0 Å². The number of nitrogens with zero attached hydrogens (tertiary/aromatic N) is 5. The average Bonchev–Trinajstić information content (AvgIpc) is 3.31. The van der Waals surface area contributed by atoms with E-state index in [1.807, 2.05) is 20.8 Å². The Morgan fingerprint density at radius 3 is 2.74 bits per heavy atom. The van der Waals surface area contributed by atoms with Gasteiger partial charge in [0.2, 0.25) is 5.13 Å². The first-order chi connectivity index (χ1) is 13.0. The molecule has 27 heavy (non-hydrogen) atoms. The second-order valence-corrected chi connectivity index (χ2v) is 7.12. The van der Waals surface area contributed by atoms with Crippen molar-refractivity contribution in [2.75, 3.05) is 5.32 Å². The van der Waals surface area contributed by atoms with Crippen molar-refractivity contribution in [1.29, 1.82) is 0 Å². The minimum atomic E-state index is -0.383. The highest BCUT2D eigenvalue weighted by Gasteiger charge is 2.19. The van der Waals surface area contributed by atoms with Gasteiger partial charge >= 0.3 is 0 Å². The Kier molecular flexibility index (Phi) is 4.23. The number of halogens is 1. The Balaban J connectivity index is 1.72. The Hall–Kier alpha value is -3.07. The lowest BCUT2D eigenvalue weighted by atomic mass is 10.3. The highest BCUT2D eigenvalue weighted by molar-refractivity contribution is 7.20. The standard InChI is InChI=1S/C18H17FN6OS/c1-4-24-13(8-10(2)22-24)17(26)20-15-9-11(3)23-25(15)18-21-16-12(19)6-5-7-14(16)27-18/h5-9H,4H2,1-3H3,(H,20,26). The summed E-state index contributed by atoms with van der Waals surface area (Å²) in [5.74, 6) is -0.198. The van der Waals surface area contributed by atoms with Crippen LogP contribution in [0, 0.1) is 19.7 Å². The topological polar surface area (TPSA) is 77.6 Å². The maximum atomic E-state index is 14.0. The lowest BCUT2D eigenvalue weighted by Crippen LogP contribution is -2.19. The molecule has 0 atom stereocenters. The number of thiazole rings is 1. The summed E-state index contributed by atoms with van der Waals surface area (Å²) in [5, 5.41) is 12.1. The molecule has 3 heterocycles. The lowest BCUT2D eigenvalue weighted by molar-refractivity contribution is 0.101. The monoisotopic (exact) mass is 384 g/mol. The summed E-state index contributed by atoms with van der Waals surface area (Å²) in [5.41, 5.74) is 2.25. The molecule has 1 aromatic carbocycles. The van der Waals surface area contributed by atoms with E-state index in [0.29, 0.717) is 34.4 Å². The van der Waals surface area contributed by atoms with E-state index in [4.69, 9.17) is 0 Å². The van der Waals surface area contributed by atoms with Crippen LogP contribution in [0.2, 0.25) is 0 Å². The van der Waals surface area contributed by atoms with Gasteiger partial charge in [0.25, 0.3) is 5.91 Å². The first kappa shape index (κ1) is 17.3. The molecular formula is C18H17FN6OS. The van der Waals surface area contributed by atoms with Crippen LogP contribution in [0.4, 0.5) is 10.2 Å². The van der Waals surface area contributed by atoms with Crippen LogP contribution in [0.15, 0.2) is 30.3 Å². The number of aryl methyl sites for hydroxylation is 3. The van der Waals surface area contributed by atoms with Gasteiger partial charge in [0, 0.05) is 12.6 Å². The van der Waals surface area contributed by atoms with Crippen molar-refractivity contribution in [3.8, 4) is 5.13 Å². The minimum absolute atomic E-state index is 0.286. The predicted octanol–water partition coefficient (Wildman–Crippen LogP) is 3.71. The molecule has 0 saturated carbocycles. The SMILES string of the molecule is CCn1nc(C)cc1C(=O)Nc1cc(C)nn1-c1nc2c(F)cccc2s1. The number of rotatable bonds is 4. The van der Waals surface area contributed by atoms with E-state index >= 15 is 0 Å². The molecule has 4 rings (SSSR count). The first-order valence-electron chi connectivity index (χ1n) is 8.44. The van der Waals surface area contributed by atoms with E-state index in [-0.39, 0.29) is 11.7 Å². The number of anilines is 1. The zero-order valence-electron chi connectivity index (χ0n) is 15.0. The van der Waals surface area contributed by atoms with Gasteiger partial charge in [-0.3, -0.25) is 9.48 Å². The van der Waals surface area contributed by atoms with E-state index in [1.165, 1.54) is 22.1 Å². The average molecular weight is 384 g/mol. The van der Waals surface area contributed by atoms with Crippen LogP contribution < -0.4 is 5.32 Å². The maximum absolute atomic E-state index is 14.0. The molecule has 1 N–H and O–H groups in total. The fourth-order valence-corrected chi connectivity index (χ4v) is 3.82. The third-order valence-electron chi connectivity index (χ3n) is 4.05. The predicted molar refractivity (Wildman–Crippen MR) is 102 cm³/mol. The van der Waals surface area contributed by atoms with Gasteiger partial charge in [-0.25, -0.2) is 9.37 Å². The number of aromatic nitrogens is 5. The summed E-state index contributed by atoms with van der Waals surface area (Å²) in [4.78, 5) is 17.1. The van der Waals surface area contributed by atoms with Gasteiger partial charge in [0.05, 0.1) is 16.1 Å². The zero-order chi connectivity index (χ0) is 19.1. The van der Waals surface area contributed by atoms with Crippen molar-refractivity contribution in [2.24, 2.45) is 0 Å². The summed E-state index contributed by atoms with van der Waals surface area (Å²) in [6, 6.07) is 8.30. The normalized spacial score (nSPS) is 11.3. The summed E-state index contributed by atoms with van der Waals surface area (Å²) >= 11 is 1.31. The van der Waals surface area contributed by atoms with E-state index < -0.39 is 0 Å². The van der Waals surface area contributed by atoms with Crippen LogP contribution in [0.1, 0.15) is 28.8 Å². The van der Waals surface area contributed by atoms with Gasteiger partial charge in [-0.2, -0.15) is 14.9 Å². The molecule has 0 fully saturated rings. The number of hydrogen-bond acceptors (Lipinski definition) is 5. The van der Waals surface area contributed by atoms with Crippen LogP contribution in [0.3, 0.4) is 0 Å². The van der Waals surface area contributed by atoms with E-state index in [2.05, 4.69) is 20.5 Å². The van der Waals surface area contributed by atoms with E-state index in [1.54, 1.807) is 28.9 Å². The van der Waals surface area contributed by atoms with Crippen LogP contribution in [-0.4, -0.2) is 30.5 Å². The largest absolute Gasteiger partial charge is 0.305 e. The summed E-state index contributed by atoms with van der Waals surface area (Å²) in [7, 11) is 0. The highest BCUT2D eigenvalue weighted by atomic mass is 32.1. The van der Waals surface area contributed by atoms with Gasteiger partial charge in [0.1, 0.15) is 22.8 Å². The Bertz CT molecular complexity index is 1160. The Labute approximate surface area is 158 Å². The van der Waals surface area contributed by atoms with Gasteiger partial charge in [-0.15, -0.1) is 0 Å². The molecule has 138 valence electrons. The quantitative estimate of drug-likeness (QED) is 0.582. The third-order valence-corrected chi connectivity index (χ3v) is 5.04. The smallest absolute Gasteiger partial charge is 0.275 e. The fraction of sp³-hybridized carbons (Fsp3) is 0.222. The fourth-order valence-electron chi connectivity index (χ4n) is 2.88. The number of fused-ring (bicyclic) bond motifs is 1. The van der Waals surface area contributed by atoms with Gasteiger partial charge < -0.3 is 5.32 Å². The second-order valence-electron chi connectivity index (χ2n) is 6.11. The molecular weight excluding hydrogens is 367 g/mol. The van der Waals surface area contributed by atoms with Crippen molar-refractivity contribution in [3.05, 3.63) is 53.2 Å². The number of carbonyl (C=O) groups excluding carboxylic acids is 1. The van der Waals surface area contributed by atoms with Crippen LogP contribution in [0.25, 0.3) is 15.3 Å². The number of nitrogens with one attached hydrogen (secondary N) is 1. The van der Waals surface area contributed by atoms with Crippen molar-refractivity contribution in [3.63, 3.8) is 0 Å². The molecule has 0 radical (unpaired) electrons. The lowest BCUT2D eigenvalue weighted by Gasteiger charge is -2.07. The van der Waals surface area contributed by atoms with E-state index in [9.17, 15) is 9.18 Å². The number of amides is 1. The summed E-state index contributed by atoms with van der Waals surface area (Å²) in [6.07, 6.45) is 0. The number of benzene rings is 1. The zero-order valence-corrected chi connectivity index (χ0v) is 15.8. The molecule has 0 spiro atoms. The number of para-hydroxylation sites is 1. The van der Waals surface area contributed by atoms with Gasteiger partial charge in [-0.1, -0.05) is 17.4 Å². The van der Waals surface area contributed by atoms with Crippen molar-refractivity contribution in [1.82, 2.24) is 24.5 Å². The molecule has 0 aliphatic heterocycles. The van der Waals surface area contributed by atoms with Crippen LogP contribution >= 0.6 is 11.3 Å². The first-order valence-corrected chi connectivity index (χ1v) is 9.26. The number of carbonyl (C=O) groups is 1. The summed E-state index contributed by atoms with van der Waals surface area (Å²) in [6.45, 7) is 6.17. The minimum Gasteiger partial charge on any atom is -0.305 e. The second kappa shape index (κ2) is 6.58. The van der Waals surface area contributed by atoms with Crippen LogP contribution in [-0.2, 0) is 6.54 Å². The van der Waals surface area contributed by atoms with Crippen molar-refractivity contribution < 1.29 is 9.18 Å². The van der Waals surface area contributed by atoms with Crippen LogP contribution in [0.5, 0.6) is 0 Å². The Morgan fingerprint density at radius 2 is 2.00 bits per heavy atom. The van der Waals surface area contributed by atoms with Crippen molar-refractivity contribution >= 4 is 33.3 Å². The molecule has 4 aromatic rings. The Morgan fingerprint density at radius 1 is 1.22 bits per heavy atom. The molecule has 3 aromatic heterocycles. The third kappa shape index (κ3) is 3.10. The molecule has 0 aliphatic rings. The molecule has 0 saturated heterocycles. The summed E-state index contributed by atoms with van der Waals surface area (Å²) < 4.78 is 17.9. The van der Waals surface area contributed by atoms with Gasteiger partial charge in [-0.05, 0) is 39.0 Å². The number of hydrogen-bond donors (Lipinski definition) is 1.